The Morgan fingerprint density at radius 2 is 1.87 bits per heavy atom. The summed E-state index contributed by atoms with van der Waals surface area (Å²) in [5.74, 6) is -2.55. The van der Waals surface area contributed by atoms with Crippen LogP contribution in [-0.2, 0) is 10.7 Å². The smallest absolute Gasteiger partial charge is 0.294 e. The first kappa shape index (κ1) is 20.8. The molecule has 3 heterocycles. The van der Waals surface area contributed by atoms with Gasteiger partial charge in [0, 0.05) is 42.8 Å². The Bertz CT molecular complexity index is 1160. The van der Waals surface area contributed by atoms with Crippen molar-refractivity contribution in [3.05, 3.63) is 60.6 Å². The van der Waals surface area contributed by atoms with E-state index in [2.05, 4.69) is 32.2 Å². The molecule has 1 unspecified atom stereocenters. The highest BCUT2D eigenvalue weighted by Crippen LogP contribution is 2.36. The number of allylic oxidation sites excluding steroid dienone is 1. The lowest BCUT2D eigenvalue weighted by Gasteiger charge is -2.21. The van der Waals surface area contributed by atoms with Crippen molar-refractivity contribution in [1.29, 1.82) is 0 Å². The zero-order valence-corrected chi connectivity index (χ0v) is 17.4. The largest absolute Gasteiger partial charge is 0.367 e. The van der Waals surface area contributed by atoms with Gasteiger partial charge in [0.1, 0.15) is 11.0 Å². The maximum absolute atomic E-state index is 14.2. The number of pyridine rings is 1. The van der Waals surface area contributed by atoms with E-state index in [0.29, 0.717) is 41.1 Å². The summed E-state index contributed by atoms with van der Waals surface area (Å²) >= 11 is 0. The van der Waals surface area contributed by atoms with Crippen LogP contribution >= 0.6 is 0 Å². The van der Waals surface area contributed by atoms with E-state index in [1.165, 1.54) is 19.1 Å². The number of carbonyl (C=O) groups is 1. The highest BCUT2D eigenvalue weighted by atomic mass is 19.3. The van der Waals surface area contributed by atoms with Crippen molar-refractivity contribution in [2.24, 2.45) is 5.41 Å². The Kier molecular flexibility index (Phi) is 5.16. The number of carbonyl (C=O) groups excluding carboxylic acids is 1. The van der Waals surface area contributed by atoms with Crippen molar-refractivity contribution in [3.8, 4) is 11.1 Å². The predicted octanol–water partition coefficient (Wildman–Crippen LogP) is 4.30. The number of benzene rings is 1. The van der Waals surface area contributed by atoms with E-state index in [1.807, 2.05) is 6.92 Å². The lowest BCUT2D eigenvalue weighted by atomic mass is 9.89. The van der Waals surface area contributed by atoms with Crippen LogP contribution in [0.1, 0.15) is 25.8 Å². The molecule has 0 radical (unpaired) electrons. The van der Waals surface area contributed by atoms with Gasteiger partial charge < -0.3 is 10.6 Å². The summed E-state index contributed by atoms with van der Waals surface area (Å²) in [6.45, 7) is 7.67. The van der Waals surface area contributed by atoms with Gasteiger partial charge in [0.25, 0.3) is 5.92 Å². The van der Waals surface area contributed by atoms with Gasteiger partial charge in [0.2, 0.25) is 5.91 Å². The first-order valence-electron chi connectivity index (χ1n) is 9.99. The summed E-state index contributed by atoms with van der Waals surface area (Å²) in [5, 5.41) is 6.09. The van der Waals surface area contributed by atoms with E-state index >= 15 is 0 Å². The van der Waals surface area contributed by atoms with Gasteiger partial charge in [-0.3, -0.25) is 9.78 Å². The molecule has 1 atom stereocenters. The second-order valence-corrected chi connectivity index (χ2v) is 8.13. The Hall–Kier alpha value is -3.42. The number of rotatable bonds is 6. The summed E-state index contributed by atoms with van der Waals surface area (Å²) in [5.41, 5.74) is 1.70. The topological polar surface area (TPSA) is 79.8 Å². The van der Waals surface area contributed by atoms with Crippen LogP contribution in [0.15, 0.2) is 55.0 Å². The molecule has 8 heteroatoms. The lowest BCUT2D eigenvalue weighted by molar-refractivity contribution is -0.126. The molecule has 2 N–H and O–H groups in total. The molecule has 4 rings (SSSR count). The summed E-state index contributed by atoms with van der Waals surface area (Å²) in [6, 6.07) is 6.01. The van der Waals surface area contributed by atoms with E-state index in [-0.39, 0.29) is 17.0 Å². The number of anilines is 1. The zero-order valence-electron chi connectivity index (χ0n) is 17.4. The minimum atomic E-state index is -3.09. The molecule has 3 aromatic rings. The zero-order chi connectivity index (χ0) is 22.2. The second kappa shape index (κ2) is 7.68. The van der Waals surface area contributed by atoms with Crippen LogP contribution < -0.4 is 10.6 Å². The molecule has 0 saturated carbocycles. The van der Waals surface area contributed by atoms with Crippen LogP contribution in [0.3, 0.4) is 0 Å². The number of nitrogens with zero attached hydrogens (tertiary/aromatic N) is 3. The molecule has 1 aromatic carbocycles. The third-order valence-electron chi connectivity index (χ3n) is 5.75. The van der Waals surface area contributed by atoms with Gasteiger partial charge in [-0.15, -0.1) is 0 Å². The van der Waals surface area contributed by atoms with Gasteiger partial charge in [-0.2, -0.15) is 8.78 Å². The molecule has 1 fully saturated rings. The molecule has 6 nitrogen and oxygen atoms in total. The number of aromatic nitrogens is 3. The lowest BCUT2D eigenvalue weighted by Crippen LogP contribution is -2.34. The number of hydrogen-bond acceptors (Lipinski definition) is 5. The summed E-state index contributed by atoms with van der Waals surface area (Å²) in [6.07, 6.45) is 5.52. The quantitative estimate of drug-likeness (QED) is 0.578. The van der Waals surface area contributed by atoms with Crippen molar-refractivity contribution in [3.63, 3.8) is 0 Å². The van der Waals surface area contributed by atoms with E-state index < -0.39 is 11.3 Å². The van der Waals surface area contributed by atoms with Gasteiger partial charge in [-0.1, -0.05) is 30.8 Å². The van der Waals surface area contributed by atoms with Crippen molar-refractivity contribution in [2.75, 3.05) is 18.4 Å². The number of fused-ring (bicyclic) bond motifs is 1. The van der Waals surface area contributed by atoms with Gasteiger partial charge in [0.15, 0.2) is 5.82 Å². The average molecular weight is 423 g/mol. The molecular formula is C23H23F2N5O. The summed E-state index contributed by atoms with van der Waals surface area (Å²) in [7, 11) is 0. The maximum Gasteiger partial charge on any atom is 0.294 e. The number of amides is 1. The highest BCUT2D eigenvalue weighted by molar-refractivity contribution is 5.96. The fourth-order valence-corrected chi connectivity index (χ4v) is 3.63. The summed E-state index contributed by atoms with van der Waals surface area (Å²) in [4.78, 5) is 25.5. The Balaban J connectivity index is 1.67. The first-order chi connectivity index (χ1) is 14.7. The molecule has 0 bridgehead atoms. The SMILES string of the molecule is C=C(C)C(F)(F)c1ccc(-c2cnc(NCC3(C)CCNC3=O)c3nccnc23)cc1. The molecule has 1 amide bonds. The van der Waals surface area contributed by atoms with Gasteiger partial charge in [-0.25, -0.2) is 9.97 Å². The van der Waals surface area contributed by atoms with Crippen molar-refractivity contribution in [2.45, 2.75) is 26.2 Å². The molecule has 160 valence electrons. The molecule has 31 heavy (non-hydrogen) atoms. The van der Waals surface area contributed by atoms with Crippen molar-refractivity contribution < 1.29 is 13.6 Å². The highest BCUT2D eigenvalue weighted by Gasteiger charge is 2.37. The molecule has 0 aliphatic carbocycles. The third kappa shape index (κ3) is 3.73. The standard InChI is InChI=1S/C23H23F2N5O/c1-14(2)23(24,25)16-6-4-15(5-7-16)17-12-29-20(19-18(17)26-10-11-27-19)30-13-22(3)8-9-28-21(22)31/h4-7,10-12H,1,8-9,13H2,2-3H3,(H,28,31)(H,29,30). The minimum absolute atomic E-state index is 0.0127. The average Bonchev–Trinajstić information content (AvgIpc) is 3.10. The van der Waals surface area contributed by atoms with E-state index in [4.69, 9.17) is 0 Å². The molecule has 0 spiro atoms. The van der Waals surface area contributed by atoms with E-state index in [9.17, 15) is 13.6 Å². The Labute approximate surface area is 178 Å². The van der Waals surface area contributed by atoms with Crippen LogP contribution in [0.5, 0.6) is 0 Å². The van der Waals surface area contributed by atoms with E-state index in [1.54, 1.807) is 30.7 Å². The van der Waals surface area contributed by atoms with Crippen LogP contribution in [0.2, 0.25) is 0 Å². The van der Waals surface area contributed by atoms with Crippen LogP contribution in [0, 0.1) is 5.41 Å². The maximum atomic E-state index is 14.2. The number of hydrogen-bond donors (Lipinski definition) is 2. The second-order valence-electron chi connectivity index (χ2n) is 8.13. The number of halogens is 2. The normalized spacial score (nSPS) is 18.8. The van der Waals surface area contributed by atoms with Gasteiger partial charge >= 0.3 is 0 Å². The number of nitrogens with one attached hydrogen (secondary N) is 2. The predicted molar refractivity (Wildman–Crippen MR) is 116 cm³/mol. The minimum Gasteiger partial charge on any atom is -0.367 e. The summed E-state index contributed by atoms with van der Waals surface area (Å²) < 4.78 is 28.4. The van der Waals surface area contributed by atoms with E-state index in [0.717, 1.165) is 6.42 Å². The Morgan fingerprint density at radius 3 is 2.48 bits per heavy atom. The van der Waals surface area contributed by atoms with Gasteiger partial charge in [-0.05, 0) is 31.4 Å². The fraction of sp³-hybridized carbons (Fsp3) is 0.304. The monoisotopic (exact) mass is 423 g/mol. The van der Waals surface area contributed by atoms with Gasteiger partial charge in [0.05, 0.1) is 5.41 Å². The molecule has 1 aliphatic heterocycles. The third-order valence-corrected chi connectivity index (χ3v) is 5.75. The first-order valence-corrected chi connectivity index (χ1v) is 9.99. The fourth-order valence-electron chi connectivity index (χ4n) is 3.63. The molecular weight excluding hydrogens is 400 g/mol. The molecule has 1 saturated heterocycles. The molecule has 1 aliphatic rings. The van der Waals surface area contributed by atoms with Crippen LogP contribution in [0.4, 0.5) is 14.6 Å². The Morgan fingerprint density at radius 1 is 1.19 bits per heavy atom. The number of alkyl halides is 2. The van der Waals surface area contributed by atoms with Crippen LogP contribution in [-0.4, -0.2) is 33.9 Å². The van der Waals surface area contributed by atoms with Crippen molar-refractivity contribution in [1.82, 2.24) is 20.3 Å². The van der Waals surface area contributed by atoms with Crippen molar-refractivity contribution >= 4 is 22.8 Å². The van der Waals surface area contributed by atoms with Crippen LogP contribution in [0.25, 0.3) is 22.2 Å². The molecule has 2 aromatic heterocycles.